The third-order valence-corrected chi connectivity index (χ3v) is 2.65. The number of esters is 1. The number of pyridine rings is 1. The lowest BCUT2D eigenvalue weighted by Crippen LogP contribution is -2.01. The van der Waals surface area contributed by atoms with Crippen LogP contribution >= 0.6 is 0 Å². The molecule has 0 N–H and O–H groups in total. The van der Waals surface area contributed by atoms with E-state index in [-0.39, 0.29) is 5.97 Å². The van der Waals surface area contributed by atoms with E-state index in [0.29, 0.717) is 17.0 Å². The lowest BCUT2D eigenvalue weighted by Gasteiger charge is -1.98. The Hall–Kier alpha value is -2.56. The minimum atomic E-state index is -0.375. The summed E-state index contributed by atoms with van der Waals surface area (Å²) < 4.78 is 11.8. The smallest absolute Gasteiger partial charge is 0.338 e. The quantitative estimate of drug-likeness (QED) is 0.647. The van der Waals surface area contributed by atoms with Gasteiger partial charge in [0.25, 0.3) is 0 Å². The predicted octanol–water partition coefficient (Wildman–Crippen LogP) is 2.38. The third-order valence-electron chi connectivity index (χ3n) is 2.65. The molecule has 0 bridgehead atoms. The molecule has 5 nitrogen and oxygen atoms in total. The molecule has 0 amide bonds. The van der Waals surface area contributed by atoms with Crippen molar-refractivity contribution in [3.8, 4) is 11.5 Å². The second-order valence-electron chi connectivity index (χ2n) is 3.78. The van der Waals surface area contributed by atoms with Gasteiger partial charge in [0.15, 0.2) is 5.76 Å². The zero-order valence-corrected chi connectivity index (χ0v) is 9.66. The van der Waals surface area contributed by atoms with E-state index in [1.54, 1.807) is 30.7 Å². The summed E-state index contributed by atoms with van der Waals surface area (Å²) >= 11 is 0. The van der Waals surface area contributed by atoms with Crippen molar-refractivity contribution >= 4 is 11.6 Å². The summed E-state index contributed by atoms with van der Waals surface area (Å²) in [7, 11) is 1.35. The third kappa shape index (κ3) is 1.66. The monoisotopic (exact) mass is 242 g/mol. The van der Waals surface area contributed by atoms with Gasteiger partial charge in [-0.15, -0.1) is 0 Å². The molecule has 0 aliphatic heterocycles. The van der Waals surface area contributed by atoms with Crippen LogP contribution in [0.1, 0.15) is 10.4 Å². The van der Waals surface area contributed by atoms with Gasteiger partial charge >= 0.3 is 5.97 Å². The summed E-state index contributed by atoms with van der Waals surface area (Å²) in [6.45, 7) is 0. The lowest BCUT2D eigenvalue weighted by molar-refractivity contribution is 0.0600. The van der Waals surface area contributed by atoms with E-state index >= 15 is 0 Å². The highest BCUT2D eigenvalue weighted by Gasteiger charge is 2.10. The van der Waals surface area contributed by atoms with Gasteiger partial charge < -0.3 is 13.6 Å². The Morgan fingerprint density at radius 3 is 3.06 bits per heavy atom. The molecular formula is C13H10N2O3. The van der Waals surface area contributed by atoms with Gasteiger partial charge in [-0.25, -0.2) is 9.78 Å². The molecule has 3 aromatic heterocycles. The van der Waals surface area contributed by atoms with Crippen molar-refractivity contribution in [2.45, 2.75) is 0 Å². The Morgan fingerprint density at radius 2 is 2.33 bits per heavy atom. The number of fused-ring (bicyclic) bond motifs is 1. The van der Waals surface area contributed by atoms with Crippen molar-refractivity contribution in [1.29, 1.82) is 0 Å². The van der Waals surface area contributed by atoms with E-state index in [1.807, 2.05) is 16.7 Å². The highest BCUT2D eigenvalue weighted by Crippen LogP contribution is 2.20. The van der Waals surface area contributed by atoms with Crippen LogP contribution < -0.4 is 0 Å². The van der Waals surface area contributed by atoms with Gasteiger partial charge in [-0.2, -0.15) is 0 Å². The maximum absolute atomic E-state index is 11.4. The molecule has 90 valence electrons. The number of carbonyl (C=O) groups is 1. The Labute approximate surface area is 103 Å². The van der Waals surface area contributed by atoms with Crippen molar-refractivity contribution < 1.29 is 13.9 Å². The van der Waals surface area contributed by atoms with Crippen LogP contribution in [-0.4, -0.2) is 22.5 Å². The first-order chi connectivity index (χ1) is 8.78. The second-order valence-corrected chi connectivity index (χ2v) is 3.78. The Kier molecular flexibility index (Phi) is 2.37. The van der Waals surface area contributed by atoms with E-state index in [2.05, 4.69) is 9.72 Å². The summed E-state index contributed by atoms with van der Waals surface area (Å²) in [5.41, 5.74) is 1.87. The van der Waals surface area contributed by atoms with Gasteiger partial charge in [-0.05, 0) is 24.3 Å². The van der Waals surface area contributed by atoms with Crippen LogP contribution in [0.15, 0.2) is 47.3 Å². The molecule has 0 aromatic carbocycles. The Morgan fingerprint density at radius 1 is 1.44 bits per heavy atom. The maximum Gasteiger partial charge on any atom is 0.338 e. The summed E-state index contributed by atoms with van der Waals surface area (Å²) in [4.78, 5) is 15.8. The van der Waals surface area contributed by atoms with Gasteiger partial charge in [0.2, 0.25) is 0 Å². The fourth-order valence-corrected chi connectivity index (χ4v) is 1.77. The van der Waals surface area contributed by atoms with Crippen molar-refractivity contribution in [2.75, 3.05) is 7.11 Å². The van der Waals surface area contributed by atoms with Gasteiger partial charge in [-0.1, -0.05) is 0 Å². The molecule has 0 aliphatic rings. The highest BCUT2D eigenvalue weighted by molar-refractivity contribution is 5.90. The minimum absolute atomic E-state index is 0.375. The Balaban J connectivity index is 2.10. The molecule has 3 rings (SSSR count). The first-order valence-electron chi connectivity index (χ1n) is 5.39. The van der Waals surface area contributed by atoms with Gasteiger partial charge in [0.1, 0.15) is 11.3 Å². The summed E-state index contributed by atoms with van der Waals surface area (Å²) in [5, 5.41) is 0. The number of carbonyl (C=O) groups excluding carboxylic acids is 1. The van der Waals surface area contributed by atoms with Gasteiger partial charge in [-0.3, -0.25) is 0 Å². The molecule has 0 aliphatic carbocycles. The molecule has 0 fully saturated rings. The lowest BCUT2D eigenvalue weighted by atomic mass is 10.3. The minimum Gasteiger partial charge on any atom is -0.465 e. The van der Waals surface area contributed by atoms with Crippen LogP contribution in [0, 0.1) is 0 Å². The van der Waals surface area contributed by atoms with Crippen molar-refractivity contribution in [3.63, 3.8) is 0 Å². The summed E-state index contributed by atoms with van der Waals surface area (Å²) in [6.07, 6.45) is 5.20. The summed E-state index contributed by atoms with van der Waals surface area (Å²) in [5.74, 6) is 0.318. The number of furan rings is 1. The molecule has 0 atom stereocenters. The van der Waals surface area contributed by atoms with Crippen LogP contribution in [-0.2, 0) is 4.74 Å². The fourth-order valence-electron chi connectivity index (χ4n) is 1.77. The van der Waals surface area contributed by atoms with Crippen LogP contribution in [0.5, 0.6) is 0 Å². The number of hydrogen-bond donors (Lipinski definition) is 0. The molecule has 0 spiro atoms. The number of imidazole rings is 1. The number of hydrogen-bond acceptors (Lipinski definition) is 4. The topological polar surface area (TPSA) is 56.7 Å². The number of methoxy groups -OCH3 is 1. The van der Waals surface area contributed by atoms with Gasteiger partial charge in [0.05, 0.1) is 18.9 Å². The largest absolute Gasteiger partial charge is 0.465 e. The Bertz CT molecular complexity index is 698. The molecule has 0 radical (unpaired) electrons. The van der Waals surface area contributed by atoms with Crippen LogP contribution in [0.4, 0.5) is 0 Å². The molecule has 3 aromatic rings. The molecule has 18 heavy (non-hydrogen) atoms. The maximum atomic E-state index is 11.4. The normalized spacial score (nSPS) is 10.7. The van der Waals surface area contributed by atoms with E-state index in [9.17, 15) is 4.79 Å². The number of nitrogens with zero attached hydrogens (tertiary/aromatic N) is 2. The van der Waals surface area contributed by atoms with Crippen molar-refractivity contribution in [2.24, 2.45) is 0 Å². The zero-order valence-electron chi connectivity index (χ0n) is 9.66. The average molecular weight is 242 g/mol. The fraction of sp³-hybridized carbons (Fsp3) is 0.0769. The summed E-state index contributed by atoms with van der Waals surface area (Å²) in [6, 6.07) is 7.01. The van der Waals surface area contributed by atoms with Crippen LogP contribution in [0.3, 0.4) is 0 Å². The molecular weight excluding hydrogens is 232 g/mol. The van der Waals surface area contributed by atoms with E-state index in [1.165, 1.54) is 7.11 Å². The van der Waals surface area contributed by atoms with E-state index < -0.39 is 0 Å². The van der Waals surface area contributed by atoms with Crippen molar-refractivity contribution in [1.82, 2.24) is 9.38 Å². The first kappa shape index (κ1) is 10.6. The molecule has 3 heterocycles. The van der Waals surface area contributed by atoms with Gasteiger partial charge in [0, 0.05) is 12.4 Å². The zero-order chi connectivity index (χ0) is 12.5. The molecule has 0 saturated carbocycles. The van der Waals surface area contributed by atoms with Crippen LogP contribution in [0.2, 0.25) is 0 Å². The standard InChI is InChI=1S/C13H10N2O3/c1-17-13(16)9-4-5-15-8-10(14-12(15)7-9)11-3-2-6-18-11/h2-8H,1H3. The number of rotatable bonds is 2. The molecule has 0 saturated heterocycles. The molecule has 5 heteroatoms. The molecule has 0 unspecified atom stereocenters. The SMILES string of the molecule is COC(=O)c1ccn2cc(-c3ccco3)nc2c1. The number of ether oxygens (including phenoxy) is 1. The predicted molar refractivity (Wildman–Crippen MR) is 64.2 cm³/mol. The van der Waals surface area contributed by atoms with Crippen LogP contribution in [0.25, 0.3) is 17.1 Å². The van der Waals surface area contributed by atoms with E-state index in [4.69, 9.17) is 4.42 Å². The van der Waals surface area contributed by atoms with E-state index in [0.717, 1.165) is 5.69 Å². The average Bonchev–Trinajstić information content (AvgIpc) is 3.04. The highest BCUT2D eigenvalue weighted by atomic mass is 16.5. The number of aromatic nitrogens is 2. The first-order valence-corrected chi connectivity index (χ1v) is 5.39. The second kappa shape index (κ2) is 4.03. The van der Waals surface area contributed by atoms with Crippen molar-refractivity contribution in [3.05, 3.63) is 48.5 Å².